The number of benzene rings is 2. The van der Waals surface area contributed by atoms with Crippen molar-refractivity contribution in [3.8, 4) is 0 Å². The van der Waals surface area contributed by atoms with E-state index in [9.17, 15) is 9.18 Å². The lowest BCUT2D eigenvalue weighted by Crippen LogP contribution is -2.36. The van der Waals surface area contributed by atoms with E-state index in [0.717, 1.165) is 30.7 Å². The Kier molecular flexibility index (Phi) is 6.19. The second-order valence-electron chi connectivity index (χ2n) is 6.71. The molecular formula is C21H24FN3O2. The average molecular weight is 369 g/mol. The van der Waals surface area contributed by atoms with Gasteiger partial charge in [0.25, 0.3) is 5.91 Å². The van der Waals surface area contributed by atoms with E-state index in [2.05, 4.69) is 15.6 Å². The maximum atomic E-state index is 13.1. The average Bonchev–Trinajstić information content (AvgIpc) is 3.17. The van der Waals surface area contributed by atoms with E-state index in [1.54, 1.807) is 0 Å². The summed E-state index contributed by atoms with van der Waals surface area (Å²) in [5, 5.41) is 5.95. The molecule has 1 aliphatic rings. The number of amides is 1. The van der Waals surface area contributed by atoms with Crippen molar-refractivity contribution < 1.29 is 13.9 Å². The summed E-state index contributed by atoms with van der Waals surface area (Å²) in [4.78, 5) is 17.0. The third kappa shape index (κ3) is 5.37. The van der Waals surface area contributed by atoms with Crippen LogP contribution in [0.1, 0.15) is 34.3 Å². The fourth-order valence-electron chi connectivity index (χ4n) is 2.83. The van der Waals surface area contributed by atoms with Crippen LogP contribution in [0.25, 0.3) is 0 Å². The van der Waals surface area contributed by atoms with E-state index in [0.29, 0.717) is 18.1 Å². The number of carbonyl (C=O) groups is 1. The molecule has 1 heterocycles. The van der Waals surface area contributed by atoms with Crippen LogP contribution in [-0.4, -0.2) is 31.1 Å². The number of anilines is 1. The summed E-state index contributed by atoms with van der Waals surface area (Å²) in [5.74, 6) is -0.382. The van der Waals surface area contributed by atoms with Crippen LogP contribution >= 0.6 is 0 Å². The molecule has 0 aromatic heterocycles. The molecule has 1 aliphatic heterocycles. The molecule has 27 heavy (non-hydrogen) atoms. The molecule has 2 aromatic rings. The van der Waals surface area contributed by atoms with Gasteiger partial charge in [-0.1, -0.05) is 6.07 Å². The molecule has 0 bridgehead atoms. The molecule has 3 rings (SSSR count). The number of guanidine groups is 1. The van der Waals surface area contributed by atoms with Crippen molar-refractivity contribution in [2.45, 2.75) is 32.8 Å². The van der Waals surface area contributed by atoms with E-state index in [4.69, 9.17) is 4.74 Å². The highest BCUT2D eigenvalue weighted by molar-refractivity contribution is 6.09. The highest BCUT2D eigenvalue weighted by Gasteiger charge is 2.16. The second-order valence-corrected chi connectivity index (χ2v) is 6.71. The number of carbonyl (C=O) groups excluding carboxylic acids is 1. The highest BCUT2D eigenvalue weighted by Crippen LogP contribution is 2.15. The molecule has 0 spiro atoms. The van der Waals surface area contributed by atoms with E-state index in [1.807, 2.05) is 32.0 Å². The summed E-state index contributed by atoms with van der Waals surface area (Å²) in [7, 11) is 0. The van der Waals surface area contributed by atoms with Gasteiger partial charge in [0, 0.05) is 17.9 Å². The molecule has 0 unspecified atom stereocenters. The monoisotopic (exact) mass is 369 g/mol. The third-order valence-electron chi connectivity index (χ3n) is 4.59. The van der Waals surface area contributed by atoms with Gasteiger partial charge in [-0.3, -0.25) is 10.1 Å². The zero-order valence-electron chi connectivity index (χ0n) is 15.6. The van der Waals surface area contributed by atoms with Crippen molar-refractivity contribution in [2.24, 2.45) is 4.99 Å². The van der Waals surface area contributed by atoms with Crippen molar-refractivity contribution in [1.82, 2.24) is 5.32 Å². The standard InChI is InChI=1S/C21H24FN3O2/c1-14-5-10-18(12-15(14)2)24-21(23-13-19-4-3-11-27-19)25-20(26)16-6-8-17(22)9-7-16/h5-10,12,19H,3-4,11,13H2,1-2H3,(H2,23,24,25,26)/t19-/m1/s1. The maximum Gasteiger partial charge on any atom is 0.257 e. The minimum atomic E-state index is -0.382. The first-order valence-electron chi connectivity index (χ1n) is 9.08. The summed E-state index contributed by atoms with van der Waals surface area (Å²) < 4.78 is 18.7. The number of rotatable bonds is 4. The molecule has 1 saturated heterocycles. The first-order valence-corrected chi connectivity index (χ1v) is 9.08. The van der Waals surface area contributed by atoms with Crippen LogP contribution in [-0.2, 0) is 4.74 Å². The molecule has 0 saturated carbocycles. The van der Waals surface area contributed by atoms with Crippen LogP contribution in [0.5, 0.6) is 0 Å². The number of nitrogens with one attached hydrogen (secondary N) is 2. The van der Waals surface area contributed by atoms with Crippen LogP contribution < -0.4 is 10.6 Å². The minimum Gasteiger partial charge on any atom is -0.376 e. The van der Waals surface area contributed by atoms with Gasteiger partial charge in [0.1, 0.15) is 5.82 Å². The lowest BCUT2D eigenvalue weighted by Gasteiger charge is -2.14. The molecule has 2 N–H and O–H groups in total. The lowest BCUT2D eigenvalue weighted by atomic mass is 10.1. The predicted molar refractivity (Wildman–Crippen MR) is 105 cm³/mol. The highest BCUT2D eigenvalue weighted by atomic mass is 19.1. The van der Waals surface area contributed by atoms with Gasteiger partial charge in [0.15, 0.2) is 0 Å². The third-order valence-corrected chi connectivity index (χ3v) is 4.59. The number of aliphatic imine (C=N–C) groups is 1. The van der Waals surface area contributed by atoms with Gasteiger partial charge in [-0.15, -0.1) is 0 Å². The molecule has 0 radical (unpaired) electrons. The number of hydrogen-bond donors (Lipinski definition) is 2. The minimum absolute atomic E-state index is 0.0734. The normalized spacial score (nSPS) is 17.0. The van der Waals surface area contributed by atoms with Crippen LogP contribution in [0, 0.1) is 19.7 Å². The number of hydrogen-bond acceptors (Lipinski definition) is 3. The first kappa shape index (κ1) is 19.0. The van der Waals surface area contributed by atoms with Crippen molar-refractivity contribution in [2.75, 3.05) is 18.5 Å². The fraction of sp³-hybridized carbons (Fsp3) is 0.333. The van der Waals surface area contributed by atoms with Crippen LogP contribution in [0.3, 0.4) is 0 Å². The van der Waals surface area contributed by atoms with Gasteiger partial charge in [-0.25, -0.2) is 9.38 Å². The fourth-order valence-corrected chi connectivity index (χ4v) is 2.83. The van der Waals surface area contributed by atoms with Crippen molar-refractivity contribution in [3.05, 3.63) is 65.0 Å². The summed E-state index contributed by atoms with van der Waals surface area (Å²) in [6.45, 7) is 5.29. The van der Waals surface area contributed by atoms with Gasteiger partial charge in [-0.2, -0.15) is 0 Å². The number of aryl methyl sites for hydroxylation is 2. The van der Waals surface area contributed by atoms with E-state index in [-0.39, 0.29) is 17.8 Å². The summed E-state index contributed by atoms with van der Waals surface area (Å²) in [6.07, 6.45) is 2.07. The Morgan fingerprint density at radius 1 is 1.19 bits per heavy atom. The Hall–Kier alpha value is -2.73. The molecule has 0 aliphatic carbocycles. The van der Waals surface area contributed by atoms with Crippen LogP contribution in [0.4, 0.5) is 10.1 Å². The summed E-state index contributed by atoms with van der Waals surface area (Å²) in [6, 6.07) is 11.4. The van der Waals surface area contributed by atoms with Gasteiger partial charge in [-0.05, 0) is 74.2 Å². The Bertz CT molecular complexity index is 828. The second kappa shape index (κ2) is 8.77. The van der Waals surface area contributed by atoms with E-state index >= 15 is 0 Å². The quantitative estimate of drug-likeness (QED) is 0.636. The van der Waals surface area contributed by atoms with Crippen LogP contribution in [0.15, 0.2) is 47.5 Å². The maximum absolute atomic E-state index is 13.1. The Labute approximate surface area is 158 Å². The first-order chi connectivity index (χ1) is 13.0. The van der Waals surface area contributed by atoms with E-state index in [1.165, 1.54) is 29.8 Å². The van der Waals surface area contributed by atoms with Gasteiger partial charge in [0.2, 0.25) is 5.96 Å². The molecule has 1 amide bonds. The predicted octanol–water partition coefficient (Wildman–Crippen LogP) is 3.82. The molecule has 5 nitrogen and oxygen atoms in total. The molecule has 6 heteroatoms. The molecule has 142 valence electrons. The summed E-state index contributed by atoms with van der Waals surface area (Å²) in [5.41, 5.74) is 3.53. The molecular weight excluding hydrogens is 345 g/mol. The smallest absolute Gasteiger partial charge is 0.257 e. The van der Waals surface area contributed by atoms with Gasteiger partial charge < -0.3 is 10.1 Å². The van der Waals surface area contributed by atoms with E-state index < -0.39 is 0 Å². The Morgan fingerprint density at radius 3 is 2.63 bits per heavy atom. The zero-order valence-corrected chi connectivity index (χ0v) is 15.6. The Balaban J connectivity index is 1.75. The zero-order chi connectivity index (χ0) is 19.2. The topological polar surface area (TPSA) is 62.7 Å². The van der Waals surface area contributed by atoms with Gasteiger partial charge in [0.05, 0.1) is 12.6 Å². The summed E-state index contributed by atoms with van der Waals surface area (Å²) >= 11 is 0. The SMILES string of the molecule is Cc1ccc(NC(=NC[C@H]2CCCO2)NC(=O)c2ccc(F)cc2)cc1C. The van der Waals surface area contributed by atoms with Gasteiger partial charge >= 0.3 is 0 Å². The molecule has 1 atom stereocenters. The number of nitrogens with zero attached hydrogens (tertiary/aromatic N) is 1. The largest absolute Gasteiger partial charge is 0.376 e. The Morgan fingerprint density at radius 2 is 1.96 bits per heavy atom. The van der Waals surface area contributed by atoms with Crippen molar-refractivity contribution in [3.63, 3.8) is 0 Å². The van der Waals surface area contributed by atoms with Crippen molar-refractivity contribution in [1.29, 1.82) is 0 Å². The number of ether oxygens (including phenoxy) is 1. The number of halogens is 1. The molecule has 1 fully saturated rings. The van der Waals surface area contributed by atoms with Crippen LogP contribution in [0.2, 0.25) is 0 Å². The molecule has 2 aromatic carbocycles. The lowest BCUT2D eigenvalue weighted by molar-refractivity contribution is 0.0975. The van der Waals surface area contributed by atoms with Crippen molar-refractivity contribution >= 4 is 17.6 Å².